The highest BCUT2D eigenvalue weighted by Gasteiger charge is 2.04. The van der Waals surface area contributed by atoms with Gasteiger partial charge in [-0.1, -0.05) is 30.3 Å². The van der Waals surface area contributed by atoms with Crippen molar-refractivity contribution in [2.24, 2.45) is 0 Å². The molecule has 0 radical (unpaired) electrons. The highest BCUT2D eigenvalue weighted by molar-refractivity contribution is 5.80. The largest absolute Gasteiger partial charge is 0.399 e. The third kappa shape index (κ3) is 2.40. The maximum absolute atomic E-state index is 12.4. The molecule has 3 rings (SSSR count). The first-order valence-corrected chi connectivity index (χ1v) is 6.52. The van der Waals surface area contributed by atoms with Crippen molar-refractivity contribution in [2.45, 2.75) is 13.0 Å². The number of aryl methyl sites for hydroxylation is 2. The van der Waals surface area contributed by atoms with E-state index in [1.807, 2.05) is 18.2 Å². The van der Waals surface area contributed by atoms with Crippen molar-refractivity contribution in [2.75, 3.05) is 5.73 Å². The lowest BCUT2D eigenvalue weighted by Crippen LogP contribution is -2.21. The van der Waals surface area contributed by atoms with Crippen molar-refractivity contribution < 1.29 is 0 Å². The van der Waals surface area contributed by atoms with Crippen molar-refractivity contribution in [3.8, 4) is 0 Å². The molecule has 0 saturated carbocycles. The summed E-state index contributed by atoms with van der Waals surface area (Å²) < 4.78 is 1.63. The lowest BCUT2D eigenvalue weighted by Gasteiger charge is -2.07. The molecule has 0 unspecified atom stereocenters. The first kappa shape index (κ1) is 12.4. The quantitative estimate of drug-likeness (QED) is 0.739. The number of benzene rings is 2. The summed E-state index contributed by atoms with van der Waals surface area (Å²) in [5, 5.41) is 0.570. The number of anilines is 1. The van der Waals surface area contributed by atoms with Gasteiger partial charge >= 0.3 is 0 Å². The monoisotopic (exact) mass is 265 g/mol. The van der Waals surface area contributed by atoms with Crippen LogP contribution in [0.4, 0.5) is 5.69 Å². The van der Waals surface area contributed by atoms with Crippen LogP contribution < -0.4 is 11.3 Å². The molecular formula is C16H15N3O. The highest BCUT2D eigenvalue weighted by atomic mass is 16.1. The van der Waals surface area contributed by atoms with Gasteiger partial charge in [0.1, 0.15) is 0 Å². The van der Waals surface area contributed by atoms with Gasteiger partial charge in [0.15, 0.2) is 0 Å². The molecule has 0 aliphatic rings. The Morgan fingerprint density at radius 2 is 1.90 bits per heavy atom. The van der Waals surface area contributed by atoms with Gasteiger partial charge in [0, 0.05) is 12.2 Å². The van der Waals surface area contributed by atoms with Gasteiger partial charge in [-0.2, -0.15) is 0 Å². The molecule has 0 bridgehead atoms. The lowest BCUT2D eigenvalue weighted by atomic mass is 10.1. The standard InChI is InChI=1S/C16H15N3O/c17-13-6-7-15-14(10-13)16(20)19(11-18-15)9-8-12-4-2-1-3-5-12/h1-7,10-11H,8-9,17H2. The van der Waals surface area contributed by atoms with E-state index in [2.05, 4.69) is 17.1 Å². The second kappa shape index (κ2) is 5.17. The summed E-state index contributed by atoms with van der Waals surface area (Å²) in [5.74, 6) is 0. The Morgan fingerprint density at radius 3 is 2.70 bits per heavy atom. The van der Waals surface area contributed by atoms with E-state index < -0.39 is 0 Å². The van der Waals surface area contributed by atoms with Crippen molar-refractivity contribution in [1.29, 1.82) is 0 Å². The van der Waals surface area contributed by atoms with Gasteiger partial charge in [0.25, 0.3) is 5.56 Å². The van der Waals surface area contributed by atoms with E-state index in [-0.39, 0.29) is 5.56 Å². The van der Waals surface area contributed by atoms with Gasteiger partial charge in [-0.15, -0.1) is 0 Å². The average Bonchev–Trinajstić information content (AvgIpc) is 2.48. The van der Waals surface area contributed by atoms with Crippen LogP contribution in [0.15, 0.2) is 59.7 Å². The van der Waals surface area contributed by atoms with Crippen molar-refractivity contribution >= 4 is 16.6 Å². The summed E-state index contributed by atoms with van der Waals surface area (Å²) in [6.45, 7) is 0.612. The summed E-state index contributed by atoms with van der Waals surface area (Å²) in [4.78, 5) is 16.7. The fourth-order valence-electron chi connectivity index (χ4n) is 2.23. The van der Waals surface area contributed by atoms with Crippen molar-refractivity contribution in [1.82, 2.24) is 9.55 Å². The minimum Gasteiger partial charge on any atom is -0.399 e. The molecule has 0 amide bonds. The van der Waals surface area contributed by atoms with Crippen LogP contribution in [0.2, 0.25) is 0 Å². The number of aromatic nitrogens is 2. The van der Waals surface area contributed by atoms with Crippen LogP contribution in [0.1, 0.15) is 5.56 Å². The normalized spacial score (nSPS) is 10.8. The lowest BCUT2D eigenvalue weighted by molar-refractivity contribution is 0.662. The van der Waals surface area contributed by atoms with Gasteiger partial charge in [-0.3, -0.25) is 9.36 Å². The molecule has 4 heteroatoms. The van der Waals surface area contributed by atoms with Crippen LogP contribution in [0, 0.1) is 0 Å². The van der Waals surface area contributed by atoms with Crippen LogP contribution in [-0.4, -0.2) is 9.55 Å². The molecule has 0 fully saturated rings. The SMILES string of the molecule is Nc1ccc2ncn(CCc3ccccc3)c(=O)c2c1. The summed E-state index contributed by atoms with van der Waals surface area (Å²) in [5.41, 5.74) is 8.15. The fourth-order valence-corrected chi connectivity index (χ4v) is 2.23. The highest BCUT2D eigenvalue weighted by Crippen LogP contribution is 2.11. The third-order valence-corrected chi connectivity index (χ3v) is 3.33. The van der Waals surface area contributed by atoms with Gasteiger partial charge in [0.2, 0.25) is 0 Å². The second-order valence-corrected chi connectivity index (χ2v) is 4.76. The number of nitrogen functional groups attached to an aromatic ring is 1. The Bertz CT molecular complexity index is 794. The summed E-state index contributed by atoms with van der Waals surface area (Å²) >= 11 is 0. The van der Waals surface area contributed by atoms with E-state index in [4.69, 9.17) is 5.73 Å². The van der Waals surface area contributed by atoms with Gasteiger partial charge in [-0.05, 0) is 30.2 Å². The number of hydrogen-bond donors (Lipinski definition) is 1. The molecule has 20 heavy (non-hydrogen) atoms. The Balaban J connectivity index is 1.92. The third-order valence-electron chi connectivity index (χ3n) is 3.33. The minimum atomic E-state index is -0.0433. The van der Waals surface area contributed by atoms with E-state index in [9.17, 15) is 4.79 Å². The average molecular weight is 265 g/mol. The molecule has 1 aromatic heterocycles. The predicted molar refractivity (Wildman–Crippen MR) is 80.6 cm³/mol. The molecule has 0 atom stereocenters. The van der Waals surface area contributed by atoms with Crippen molar-refractivity contribution in [3.05, 3.63) is 70.8 Å². The molecule has 100 valence electrons. The molecule has 3 aromatic rings. The summed E-state index contributed by atoms with van der Waals surface area (Å²) in [6, 6.07) is 15.3. The molecule has 0 spiro atoms. The van der Waals surface area contributed by atoms with E-state index in [1.165, 1.54) is 5.56 Å². The predicted octanol–water partition coefficient (Wildman–Crippen LogP) is 2.22. The van der Waals surface area contributed by atoms with E-state index in [0.29, 0.717) is 23.1 Å². The van der Waals surface area contributed by atoms with E-state index >= 15 is 0 Å². The van der Waals surface area contributed by atoms with Crippen LogP contribution in [0.3, 0.4) is 0 Å². The summed E-state index contributed by atoms with van der Waals surface area (Å²) in [6.07, 6.45) is 2.40. The van der Waals surface area contributed by atoms with Gasteiger partial charge < -0.3 is 5.73 Å². The van der Waals surface area contributed by atoms with Crippen molar-refractivity contribution in [3.63, 3.8) is 0 Å². The van der Waals surface area contributed by atoms with E-state index in [1.54, 1.807) is 29.1 Å². The molecule has 2 N–H and O–H groups in total. The molecule has 0 aliphatic carbocycles. The Morgan fingerprint density at radius 1 is 1.10 bits per heavy atom. The van der Waals surface area contributed by atoms with Crippen LogP contribution in [0.5, 0.6) is 0 Å². The minimum absolute atomic E-state index is 0.0433. The topological polar surface area (TPSA) is 60.9 Å². The zero-order valence-electron chi connectivity index (χ0n) is 11.0. The fraction of sp³-hybridized carbons (Fsp3) is 0.125. The smallest absolute Gasteiger partial charge is 0.261 e. The van der Waals surface area contributed by atoms with Crippen LogP contribution >= 0.6 is 0 Å². The van der Waals surface area contributed by atoms with E-state index in [0.717, 1.165) is 6.42 Å². The van der Waals surface area contributed by atoms with Crippen LogP contribution in [-0.2, 0) is 13.0 Å². The number of nitrogens with two attached hydrogens (primary N) is 1. The Kier molecular flexibility index (Phi) is 3.21. The molecule has 1 heterocycles. The van der Waals surface area contributed by atoms with Gasteiger partial charge in [0.05, 0.1) is 17.2 Å². The zero-order chi connectivity index (χ0) is 13.9. The maximum atomic E-state index is 12.4. The molecule has 0 saturated heterocycles. The second-order valence-electron chi connectivity index (χ2n) is 4.76. The molecule has 4 nitrogen and oxygen atoms in total. The Labute approximate surface area is 116 Å². The molecule has 2 aromatic carbocycles. The Hall–Kier alpha value is -2.62. The number of nitrogens with zero attached hydrogens (tertiary/aromatic N) is 2. The molecule has 0 aliphatic heterocycles. The first-order chi connectivity index (χ1) is 9.74. The van der Waals surface area contributed by atoms with Gasteiger partial charge in [-0.25, -0.2) is 4.98 Å². The number of rotatable bonds is 3. The summed E-state index contributed by atoms with van der Waals surface area (Å²) in [7, 11) is 0. The molecular weight excluding hydrogens is 250 g/mol. The first-order valence-electron chi connectivity index (χ1n) is 6.52. The zero-order valence-corrected chi connectivity index (χ0v) is 11.0. The maximum Gasteiger partial charge on any atom is 0.261 e. The number of fused-ring (bicyclic) bond motifs is 1. The van der Waals surface area contributed by atoms with Crippen LogP contribution in [0.25, 0.3) is 10.9 Å². The number of hydrogen-bond acceptors (Lipinski definition) is 3.